The molecule has 144 valence electrons. The summed E-state index contributed by atoms with van der Waals surface area (Å²) in [4.78, 5) is 25.7. The molecule has 2 rings (SSSR count). The van der Waals surface area contributed by atoms with E-state index in [1.807, 2.05) is 0 Å². The largest absolute Gasteiger partial charge is 0.465 e. The van der Waals surface area contributed by atoms with Gasteiger partial charge in [0.25, 0.3) is 0 Å². The number of benzene rings is 2. The van der Waals surface area contributed by atoms with Crippen LogP contribution < -0.4 is 4.90 Å². The van der Waals surface area contributed by atoms with Gasteiger partial charge in [0.2, 0.25) is 5.91 Å². The highest BCUT2D eigenvalue weighted by molar-refractivity contribution is 6.30. The first kappa shape index (κ1) is 20.8. The van der Waals surface area contributed by atoms with Gasteiger partial charge < -0.3 is 9.64 Å². The number of nitrogens with zero attached hydrogens (tertiary/aromatic N) is 1. The summed E-state index contributed by atoms with van der Waals surface area (Å²) in [6.45, 7) is 1.43. The van der Waals surface area contributed by atoms with Crippen molar-refractivity contribution in [2.75, 3.05) is 18.1 Å². The molecule has 0 spiro atoms. The summed E-state index contributed by atoms with van der Waals surface area (Å²) in [6.07, 6.45) is -4.80. The number of esters is 1. The van der Waals surface area contributed by atoms with Crippen molar-refractivity contribution < 1.29 is 27.5 Å². The summed E-state index contributed by atoms with van der Waals surface area (Å²) in [5.74, 6) is -1.16. The zero-order valence-electron chi connectivity index (χ0n) is 14.4. The first-order valence-electron chi connectivity index (χ1n) is 8.08. The minimum absolute atomic E-state index is 0.148. The van der Waals surface area contributed by atoms with Crippen LogP contribution in [0.3, 0.4) is 0 Å². The number of hydrogen-bond donors (Lipinski definition) is 0. The molecule has 0 fully saturated rings. The lowest BCUT2D eigenvalue weighted by atomic mass is 10.1. The lowest BCUT2D eigenvalue weighted by Crippen LogP contribution is -2.37. The van der Waals surface area contributed by atoms with Crippen LogP contribution in [-0.4, -0.2) is 25.0 Å². The molecular weight excluding hydrogens is 383 g/mol. The fraction of sp³-hybridized carbons (Fsp3) is 0.263. The van der Waals surface area contributed by atoms with Crippen molar-refractivity contribution in [3.05, 3.63) is 64.7 Å². The number of amides is 1. The molecule has 0 N–H and O–H groups in total. The van der Waals surface area contributed by atoms with Gasteiger partial charge in [-0.3, -0.25) is 9.59 Å². The SMILES string of the molecule is CCOC(=O)CN(C(=O)Cc1cccc(C(F)(F)F)c1)c1ccc(Cl)cc1. The van der Waals surface area contributed by atoms with E-state index in [9.17, 15) is 22.8 Å². The van der Waals surface area contributed by atoms with E-state index >= 15 is 0 Å². The Kier molecular flexibility index (Phi) is 6.85. The van der Waals surface area contributed by atoms with Crippen LogP contribution in [0.2, 0.25) is 5.02 Å². The summed E-state index contributed by atoms with van der Waals surface area (Å²) in [6, 6.07) is 10.7. The van der Waals surface area contributed by atoms with Crippen LogP contribution in [0.25, 0.3) is 0 Å². The molecular formula is C19H17ClF3NO3. The third kappa shape index (κ3) is 5.99. The predicted molar refractivity (Wildman–Crippen MR) is 95.6 cm³/mol. The molecule has 0 radical (unpaired) electrons. The minimum Gasteiger partial charge on any atom is -0.465 e. The number of halogens is 4. The molecule has 0 heterocycles. The molecule has 0 aliphatic rings. The Morgan fingerprint density at radius 3 is 2.37 bits per heavy atom. The Morgan fingerprint density at radius 2 is 1.78 bits per heavy atom. The molecule has 0 aliphatic heterocycles. The molecule has 2 aromatic rings. The molecule has 0 aromatic heterocycles. The number of carbonyl (C=O) groups excluding carboxylic acids is 2. The maximum Gasteiger partial charge on any atom is 0.416 e. The summed E-state index contributed by atoms with van der Waals surface area (Å²) in [7, 11) is 0. The fourth-order valence-electron chi connectivity index (χ4n) is 2.41. The monoisotopic (exact) mass is 399 g/mol. The molecule has 0 saturated heterocycles. The molecule has 0 saturated carbocycles. The van der Waals surface area contributed by atoms with Gasteiger partial charge in [-0.15, -0.1) is 0 Å². The molecule has 0 bridgehead atoms. The van der Waals surface area contributed by atoms with Crippen LogP contribution in [0.1, 0.15) is 18.1 Å². The summed E-state index contributed by atoms with van der Waals surface area (Å²) in [5, 5.41) is 0.445. The van der Waals surface area contributed by atoms with Gasteiger partial charge in [0.1, 0.15) is 6.54 Å². The minimum atomic E-state index is -4.50. The summed E-state index contributed by atoms with van der Waals surface area (Å²) < 4.78 is 43.4. The third-order valence-electron chi connectivity index (χ3n) is 3.64. The van der Waals surface area contributed by atoms with Crippen molar-refractivity contribution in [3.63, 3.8) is 0 Å². The van der Waals surface area contributed by atoms with Crippen LogP contribution in [0, 0.1) is 0 Å². The van der Waals surface area contributed by atoms with E-state index in [4.69, 9.17) is 16.3 Å². The first-order valence-corrected chi connectivity index (χ1v) is 8.46. The van der Waals surface area contributed by atoms with E-state index in [2.05, 4.69) is 0 Å². The summed E-state index contributed by atoms with van der Waals surface area (Å²) >= 11 is 5.84. The Morgan fingerprint density at radius 1 is 1.11 bits per heavy atom. The van der Waals surface area contributed by atoms with Gasteiger partial charge in [-0.2, -0.15) is 13.2 Å². The fourth-order valence-corrected chi connectivity index (χ4v) is 2.53. The van der Waals surface area contributed by atoms with Gasteiger partial charge in [-0.1, -0.05) is 29.8 Å². The van der Waals surface area contributed by atoms with E-state index in [0.717, 1.165) is 17.0 Å². The Bertz CT molecular complexity index is 807. The molecule has 8 heteroatoms. The van der Waals surface area contributed by atoms with Gasteiger partial charge in [0, 0.05) is 10.7 Å². The van der Waals surface area contributed by atoms with Crippen molar-refractivity contribution in [3.8, 4) is 0 Å². The van der Waals surface area contributed by atoms with Gasteiger partial charge in [0.05, 0.1) is 18.6 Å². The van der Waals surface area contributed by atoms with Crippen LogP contribution >= 0.6 is 11.6 Å². The van der Waals surface area contributed by atoms with E-state index in [0.29, 0.717) is 10.7 Å². The number of hydrogen-bond acceptors (Lipinski definition) is 3. The number of carbonyl (C=O) groups is 2. The lowest BCUT2D eigenvalue weighted by molar-refractivity contribution is -0.142. The average Bonchev–Trinajstić information content (AvgIpc) is 2.60. The normalized spacial score (nSPS) is 11.1. The highest BCUT2D eigenvalue weighted by Crippen LogP contribution is 2.30. The first-order chi connectivity index (χ1) is 12.7. The van der Waals surface area contributed by atoms with Crippen molar-refractivity contribution >= 4 is 29.2 Å². The van der Waals surface area contributed by atoms with Gasteiger partial charge in [-0.25, -0.2) is 0 Å². The highest BCUT2D eigenvalue weighted by atomic mass is 35.5. The molecule has 1 amide bonds. The number of anilines is 1. The second-order valence-corrected chi connectivity index (χ2v) is 6.07. The number of ether oxygens (including phenoxy) is 1. The molecule has 4 nitrogen and oxygen atoms in total. The topological polar surface area (TPSA) is 46.6 Å². The Balaban J connectivity index is 2.25. The Hall–Kier alpha value is -2.54. The van der Waals surface area contributed by atoms with Crippen LogP contribution in [0.15, 0.2) is 48.5 Å². The molecule has 27 heavy (non-hydrogen) atoms. The second-order valence-electron chi connectivity index (χ2n) is 5.64. The van der Waals surface area contributed by atoms with E-state index in [1.165, 1.54) is 12.1 Å². The molecule has 2 aromatic carbocycles. The van der Waals surface area contributed by atoms with Crippen molar-refractivity contribution in [2.24, 2.45) is 0 Å². The lowest BCUT2D eigenvalue weighted by Gasteiger charge is -2.22. The van der Waals surface area contributed by atoms with Gasteiger partial charge >= 0.3 is 12.1 Å². The maximum absolute atomic E-state index is 12.9. The highest BCUT2D eigenvalue weighted by Gasteiger charge is 2.30. The zero-order valence-corrected chi connectivity index (χ0v) is 15.2. The van der Waals surface area contributed by atoms with Crippen LogP contribution in [0.5, 0.6) is 0 Å². The number of alkyl halides is 3. The standard InChI is InChI=1S/C19H17ClF3NO3/c1-2-27-18(26)12-24(16-8-6-15(20)7-9-16)17(25)11-13-4-3-5-14(10-13)19(21,22)23/h3-10H,2,11-12H2,1H3. The molecule has 0 aliphatic carbocycles. The quantitative estimate of drug-likeness (QED) is 0.672. The van der Waals surface area contributed by atoms with Crippen LogP contribution in [0.4, 0.5) is 18.9 Å². The van der Waals surface area contributed by atoms with E-state index in [-0.39, 0.29) is 25.1 Å². The van der Waals surface area contributed by atoms with Gasteiger partial charge in [-0.05, 0) is 42.8 Å². The van der Waals surface area contributed by atoms with Crippen molar-refractivity contribution in [1.82, 2.24) is 0 Å². The van der Waals surface area contributed by atoms with E-state index < -0.39 is 23.6 Å². The van der Waals surface area contributed by atoms with Gasteiger partial charge in [0.15, 0.2) is 0 Å². The second kappa shape index (κ2) is 8.90. The zero-order chi connectivity index (χ0) is 20.0. The van der Waals surface area contributed by atoms with Crippen LogP contribution in [-0.2, 0) is 26.9 Å². The van der Waals surface area contributed by atoms with Crippen molar-refractivity contribution in [1.29, 1.82) is 0 Å². The predicted octanol–water partition coefficient (Wildman–Crippen LogP) is 4.50. The van der Waals surface area contributed by atoms with E-state index in [1.54, 1.807) is 31.2 Å². The Labute approximate surface area is 159 Å². The maximum atomic E-state index is 12.9. The molecule has 0 unspecified atom stereocenters. The number of rotatable bonds is 6. The molecule has 0 atom stereocenters. The third-order valence-corrected chi connectivity index (χ3v) is 3.89. The smallest absolute Gasteiger partial charge is 0.416 e. The van der Waals surface area contributed by atoms with Crippen molar-refractivity contribution in [2.45, 2.75) is 19.5 Å². The average molecular weight is 400 g/mol. The summed E-state index contributed by atoms with van der Waals surface area (Å²) in [5.41, 5.74) is -0.252.